The molecule has 2 atom stereocenters. The molecule has 0 saturated heterocycles. The molecule has 0 saturated carbocycles. The van der Waals surface area contributed by atoms with Crippen LogP contribution in [0, 0.1) is 0 Å². The fraction of sp³-hybridized carbons (Fsp3) is 0.250. The molecule has 5 rings (SSSR count). The maximum atomic E-state index is 13.0. The zero-order valence-corrected chi connectivity index (χ0v) is 17.1. The molecule has 1 aliphatic carbocycles. The average Bonchev–Trinajstić information content (AvgIpc) is 3.06. The second-order valence-corrected chi connectivity index (χ2v) is 7.96. The number of hydrogen-bond acceptors (Lipinski definition) is 7. The number of fused-ring (bicyclic) bond motifs is 6. The third kappa shape index (κ3) is 2.99. The Labute approximate surface area is 183 Å². The topological polar surface area (TPSA) is 131 Å². The van der Waals surface area contributed by atoms with Crippen LogP contribution in [0.2, 0.25) is 0 Å². The average molecular weight is 434 g/mol. The molecule has 32 heavy (non-hydrogen) atoms. The van der Waals surface area contributed by atoms with Crippen molar-refractivity contribution in [3.8, 4) is 11.5 Å². The van der Waals surface area contributed by atoms with Crippen LogP contribution in [0.4, 0.5) is 0 Å². The van der Waals surface area contributed by atoms with E-state index in [-0.39, 0.29) is 17.2 Å². The number of rotatable bonds is 4. The lowest BCUT2D eigenvalue weighted by molar-refractivity contribution is 0.0195. The quantitative estimate of drug-likeness (QED) is 0.427. The van der Waals surface area contributed by atoms with Gasteiger partial charge in [0.2, 0.25) is 0 Å². The van der Waals surface area contributed by atoms with Gasteiger partial charge in [-0.1, -0.05) is 12.1 Å². The number of phenols is 1. The van der Waals surface area contributed by atoms with Crippen LogP contribution in [-0.2, 0) is 10.3 Å². The SMILES string of the molecule is NCCCNC(=O)c1ccc2c(c1)C(=O)OC21C2=CCC(O)C=C2Oc2cc(O)ccc21. The molecule has 8 nitrogen and oxygen atoms in total. The van der Waals surface area contributed by atoms with E-state index in [9.17, 15) is 19.8 Å². The van der Waals surface area contributed by atoms with Crippen molar-refractivity contribution in [2.75, 3.05) is 13.1 Å². The number of nitrogens with two attached hydrogens (primary N) is 1. The Kier molecular flexibility index (Phi) is 4.76. The second kappa shape index (κ2) is 7.51. The Balaban J connectivity index is 1.65. The molecule has 2 aromatic carbocycles. The van der Waals surface area contributed by atoms with Gasteiger partial charge < -0.3 is 30.7 Å². The number of ether oxygens (including phenoxy) is 2. The first-order valence-corrected chi connectivity index (χ1v) is 10.4. The van der Waals surface area contributed by atoms with Crippen LogP contribution in [0.3, 0.4) is 0 Å². The number of aromatic hydroxyl groups is 1. The highest BCUT2D eigenvalue weighted by Crippen LogP contribution is 2.56. The van der Waals surface area contributed by atoms with Gasteiger partial charge in [-0.3, -0.25) is 4.79 Å². The van der Waals surface area contributed by atoms with Crippen LogP contribution in [-0.4, -0.2) is 41.3 Å². The zero-order valence-electron chi connectivity index (χ0n) is 17.1. The number of esters is 1. The normalized spacial score (nSPS) is 22.7. The van der Waals surface area contributed by atoms with Crippen LogP contribution in [0.5, 0.6) is 11.5 Å². The van der Waals surface area contributed by atoms with Gasteiger partial charge in [0.1, 0.15) is 17.3 Å². The van der Waals surface area contributed by atoms with Crippen molar-refractivity contribution in [2.24, 2.45) is 5.73 Å². The van der Waals surface area contributed by atoms with Crippen molar-refractivity contribution in [3.63, 3.8) is 0 Å². The number of carbonyl (C=O) groups excluding carboxylic acids is 2. The summed E-state index contributed by atoms with van der Waals surface area (Å²) >= 11 is 0. The fourth-order valence-corrected chi connectivity index (χ4v) is 4.44. The van der Waals surface area contributed by atoms with E-state index in [1.165, 1.54) is 18.2 Å². The lowest BCUT2D eigenvalue weighted by Gasteiger charge is -2.39. The molecule has 8 heteroatoms. The number of benzene rings is 2. The summed E-state index contributed by atoms with van der Waals surface area (Å²) in [5.74, 6) is -0.174. The van der Waals surface area contributed by atoms with Gasteiger partial charge in [0.15, 0.2) is 5.60 Å². The minimum atomic E-state index is -1.30. The Hall–Kier alpha value is -3.62. The van der Waals surface area contributed by atoms with Crippen molar-refractivity contribution in [3.05, 3.63) is 82.1 Å². The largest absolute Gasteiger partial charge is 0.508 e. The maximum absolute atomic E-state index is 13.0. The first kappa shape index (κ1) is 20.3. The summed E-state index contributed by atoms with van der Waals surface area (Å²) in [6.45, 7) is 0.911. The number of aliphatic hydroxyl groups is 1. The monoisotopic (exact) mass is 434 g/mol. The number of carbonyl (C=O) groups is 2. The predicted molar refractivity (Wildman–Crippen MR) is 114 cm³/mol. The molecule has 1 spiro atoms. The summed E-state index contributed by atoms with van der Waals surface area (Å²) in [6.07, 6.45) is 3.62. The lowest BCUT2D eigenvalue weighted by Crippen LogP contribution is -2.37. The number of nitrogens with one attached hydrogen (secondary N) is 1. The Morgan fingerprint density at radius 3 is 2.84 bits per heavy atom. The predicted octanol–water partition coefficient (Wildman–Crippen LogP) is 1.85. The fourth-order valence-electron chi connectivity index (χ4n) is 4.44. The summed E-state index contributed by atoms with van der Waals surface area (Å²) in [6, 6.07) is 9.49. The zero-order chi connectivity index (χ0) is 22.5. The third-order valence-corrected chi connectivity index (χ3v) is 5.91. The van der Waals surface area contributed by atoms with Crippen LogP contribution >= 0.6 is 0 Å². The first-order valence-electron chi connectivity index (χ1n) is 10.4. The van der Waals surface area contributed by atoms with Crippen LogP contribution in [0.25, 0.3) is 0 Å². The van der Waals surface area contributed by atoms with E-state index in [4.69, 9.17) is 15.2 Å². The summed E-state index contributed by atoms with van der Waals surface area (Å²) in [7, 11) is 0. The summed E-state index contributed by atoms with van der Waals surface area (Å²) in [5, 5.41) is 22.9. The molecule has 2 aromatic rings. The van der Waals surface area contributed by atoms with Gasteiger partial charge in [-0.25, -0.2) is 4.79 Å². The van der Waals surface area contributed by atoms with E-state index < -0.39 is 17.7 Å². The maximum Gasteiger partial charge on any atom is 0.340 e. The molecule has 5 N–H and O–H groups in total. The minimum Gasteiger partial charge on any atom is -0.508 e. The molecule has 0 fully saturated rings. The lowest BCUT2D eigenvalue weighted by atomic mass is 9.74. The summed E-state index contributed by atoms with van der Waals surface area (Å²) in [5.41, 5.74) is 6.54. The molecule has 1 amide bonds. The highest BCUT2D eigenvalue weighted by molar-refractivity contribution is 6.01. The number of hydrogen-bond donors (Lipinski definition) is 4. The smallest absolute Gasteiger partial charge is 0.340 e. The molecule has 0 radical (unpaired) electrons. The van der Waals surface area contributed by atoms with E-state index >= 15 is 0 Å². The first-order chi connectivity index (χ1) is 15.4. The van der Waals surface area contributed by atoms with Gasteiger partial charge in [-0.15, -0.1) is 0 Å². The summed E-state index contributed by atoms with van der Waals surface area (Å²) < 4.78 is 12.0. The van der Waals surface area contributed by atoms with Crippen LogP contribution < -0.4 is 15.8 Å². The summed E-state index contributed by atoms with van der Waals surface area (Å²) in [4.78, 5) is 25.5. The molecule has 2 heterocycles. The highest BCUT2D eigenvalue weighted by atomic mass is 16.6. The van der Waals surface area contributed by atoms with Gasteiger partial charge in [0, 0.05) is 34.9 Å². The molecule has 0 aromatic heterocycles. The van der Waals surface area contributed by atoms with Gasteiger partial charge in [-0.05, 0) is 49.7 Å². The van der Waals surface area contributed by atoms with Gasteiger partial charge in [0.25, 0.3) is 5.91 Å². The van der Waals surface area contributed by atoms with Crippen molar-refractivity contribution < 1.29 is 29.3 Å². The molecule has 0 bridgehead atoms. The van der Waals surface area contributed by atoms with Crippen molar-refractivity contribution in [2.45, 2.75) is 24.5 Å². The van der Waals surface area contributed by atoms with Crippen molar-refractivity contribution in [1.82, 2.24) is 5.32 Å². The van der Waals surface area contributed by atoms with E-state index in [1.807, 2.05) is 0 Å². The number of aliphatic hydroxyl groups excluding tert-OH is 1. The van der Waals surface area contributed by atoms with E-state index in [0.29, 0.717) is 59.7 Å². The van der Waals surface area contributed by atoms with Crippen LogP contribution in [0.1, 0.15) is 44.7 Å². The minimum absolute atomic E-state index is 0.00247. The molecule has 164 valence electrons. The van der Waals surface area contributed by atoms with E-state index in [2.05, 4.69) is 5.32 Å². The van der Waals surface area contributed by atoms with Crippen molar-refractivity contribution >= 4 is 11.9 Å². The van der Waals surface area contributed by atoms with Crippen LogP contribution in [0.15, 0.2) is 59.9 Å². The standard InChI is InChI=1S/C24H22N2O6/c25-8-1-9-26-22(29)13-2-5-17-16(10-13)23(30)32-24(17)18-6-3-14(27)11-20(18)31-21-12-15(28)4-7-19(21)24/h2-3,5-7,10-12,15,27-28H,1,4,8-9,25H2,(H,26,29). The molecule has 3 aliphatic rings. The molecule has 2 unspecified atom stereocenters. The second-order valence-electron chi connectivity index (χ2n) is 7.96. The van der Waals surface area contributed by atoms with Crippen molar-refractivity contribution in [1.29, 1.82) is 0 Å². The number of amides is 1. The molecule has 2 aliphatic heterocycles. The van der Waals surface area contributed by atoms with E-state index in [1.54, 1.807) is 30.4 Å². The molecular formula is C24H22N2O6. The van der Waals surface area contributed by atoms with Gasteiger partial charge in [-0.2, -0.15) is 0 Å². The molecular weight excluding hydrogens is 412 g/mol. The third-order valence-electron chi connectivity index (χ3n) is 5.91. The van der Waals surface area contributed by atoms with E-state index in [0.717, 1.165) is 0 Å². The number of phenolic OH excluding ortho intramolecular Hbond substituents is 1. The highest BCUT2D eigenvalue weighted by Gasteiger charge is 2.55. The Morgan fingerprint density at radius 1 is 1.22 bits per heavy atom. The Bertz CT molecular complexity index is 1200. The van der Waals surface area contributed by atoms with Gasteiger partial charge >= 0.3 is 5.97 Å². The Morgan fingerprint density at radius 2 is 2.03 bits per heavy atom. The van der Waals surface area contributed by atoms with Gasteiger partial charge in [0.05, 0.1) is 11.7 Å².